The molecule has 1 aliphatic heterocycles. The molecule has 0 N–H and O–H groups in total. The molecule has 0 radical (unpaired) electrons. The Kier molecular flexibility index (Phi) is 2.91. The molecule has 0 amide bonds. The normalized spacial score (nSPS) is 25.2. The van der Waals surface area contributed by atoms with E-state index in [1.807, 2.05) is 10.9 Å². The predicted octanol–water partition coefficient (Wildman–Crippen LogP) is 1.86. The van der Waals surface area contributed by atoms with Crippen molar-refractivity contribution in [3.63, 3.8) is 0 Å². The maximum atomic E-state index is 4.08. The van der Waals surface area contributed by atoms with Crippen molar-refractivity contribution >= 4 is 0 Å². The van der Waals surface area contributed by atoms with Gasteiger partial charge in [0.2, 0.25) is 0 Å². The van der Waals surface area contributed by atoms with Crippen molar-refractivity contribution in [3.8, 4) is 0 Å². The van der Waals surface area contributed by atoms with Crippen LogP contribution in [0.3, 0.4) is 0 Å². The number of aromatic nitrogens is 3. The van der Waals surface area contributed by atoms with Crippen LogP contribution in [0.15, 0.2) is 12.4 Å². The van der Waals surface area contributed by atoms with Crippen LogP contribution < -0.4 is 0 Å². The highest BCUT2D eigenvalue weighted by Crippen LogP contribution is 2.29. The largest absolute Gasteiger partial charge is 0.296 e. The molecule has 1 saturated carbocycles. The molecule has 3 rings (SSSR count). The Bertz CT molecular complexity index is 308. The van der Waals surface area contributed by atoms with Crippen molar-refractivity contribution in [2.75, 3.05) is 13.1 Å². The molecule has 2 fully saturated rings. The molecule has 4 nitrogen and oxygen atoms in total. The molecule has 0 spiro atoms. The highest BCUT2D eigenvalue weighted by Gasteiger charge is 2.33. The summed E-state index contributed by atoms with van der Waals surface area (Å²) in [6, 6.07) is 1.42. The van der Waals surface area contributed by atoms with Gasteiger partial charge in [-0.05, 0) is 12.8 Å². The number of nitrogens with zero attached hydrogens (tertiary/aromatic N) is 4. The predicted molar refractivity (Wildman–Crippen MR) is 62.1 cm³/mol. The minimum absolute atomic E-state index is 0.575. The van der Waals surface area contributed by atoms with Crippen LogP contribution in [0, 0.1) is 0 Å². The SMILES string of the molecule is c1cn(C2CN(C3CCCCCC3)C2)nn1. The van der Waals surface area contributed by atoms with Crippen LogP contribution in [0.1, 0.15) is 44.6 Å². The summed E-state index contributed by atoms with van der Waals surface area (Å²) >= 11 is 0. The van der Waals surface area contributed by atoms with Gasteiger partial charge >= 0.3 is 0 Å². The lowest BCUT2D eigenvalue weighted by Gasteiger charge is -2.44. The van der Waals surface area contributed by atoms with Gasteiger partial charge in [0, 0.05) is 25.3 Å². The molecule has 0 bridgehead atoms. The van der Waals surface area contributed by atoms with Gasteiger partial charge in [-0.3, -0.25) is 4.90 Å². The van der Waals surface area contributed by atoms with Gasteiger partial charge in [-0.1, -0.05) is 30.9 Å². The average molecular weight is 220 g/mol. The Morgan fingerprint density at radius 3 is 2.31 bits per heavy atom. The van der Waals surface area contributed by atoms with Crippen LogP contribution >= 0.6 is 0 Å². The van der Waals surface area contributed by atoms with E-state index in [2.05, 4.69) is 15.2 Å². The third kappa shape index (κ3) is 1.98. The zero-order valence-electron chi connectivity index (χ0n) is 9.76. The van der Waals surface area contributed by atoms with E-state index < -0.39 is 0 Å². The molecule has 1 aromatic rings. The Balaban J connectivity index is 1.52. The molecule has 1 aliphatic carbocycles. The molecule has 0 atom stereocenters. The van der Waals surface area contributed by atoms with E-state index in [0.717, 1.165) is 6.04 Å². The number of rotatable bonds is 2. The quantitative estimate of drug-likeness (QED) is 0.713. The third-order valence-corrected chi connectivity index (χ3v) is 4.05. The Labute approximate surface area is 96.6 Å². The summed E-state index contributed by atoms with van der Waals surface area (Å²) in [5, 5.41) is 7.95. The molecule has 0 unspecified atom stereocenters. The minimum atomic E-state index is 0.575. The van der Waals surface area contributed by atoms with Gasteiger partial charge in [0.05, 0.1) is 12.2 Å². The van der Waals surface area contributed by atoms with E-state index in [1.165, 1.54) is 51.6 Å². The first kappa shape index (κ1) is 10.3. The van der Waals surface area contributed by atoms with Crippen molar-refractivity contribution in [1.29, 1.82) is 0 Å². The van der Waals surface area contributed by atoms with E-state index in [-0.39, 0.29) is 0 Å². The monoisotopic (exact) mass is 220 g/mol. The fraction of sp³-hybridized carbons (Fsp3) is 0.833. The van der Waals surface area contributed by atoms with Crippen LogP contribution in [0.25, 0.3) is 0 Å². The molecule has 1 aromatic heterocycles. The summed E-state index contributed by atoms with van der Waals surface area (Å²) in [6.07, 6.45) is 12.3. The van der Waals surface area contributed by atoms with E-state index in [4.69, 9.17) is 0 Å². The van der Waals surface area contributed by atoms with E-state index in [9.17, 15) is 0 Å². The maximum Gasteiger partial charge on any atom is 0.0790 e. The Morgan fingerprint density at radius 2 is 1.69 bits per heavy atom. The van der Waals surface area contributed by atoms with E-state index in [0.29, 0.717) is 6.04 Å². The molecule has 2 aliphatic rings. The maximum absolute atomic E-state index is 4.08. The van der Waals surface area contributed by atoms with Gasteiger partial charge in [0.15, 0.2) is 0 Å². The second kappa shape index (κ2) is 4.53. The standard InChI is InChI=1S/C12H20N4/c1-2-4-6-11(5-3-1)15-9-12(10-15)16-8-7-13-14-16/h7-8,11-12H,1-6,9-10H2. The second-order valence-electron chi connectivity index (χ2n) is 5.14. The average Bonchev–Trinajstić information content (AvgIpc) is 2.60. The first-order chi connectivity index (χ1) is 7.93. The Hall–Kier alpha value is -0.900. The minimum Gasteiger partial charge on any atom is -0.296 e. The van der Waals surface area contributed by atoms with Crippen molar-refractivity contribution in [2.45, 2.75) is 50.6 Å². The molecule has 16 heavy (non-hydrogen) atoms. The van der Waals surface area contributed by atoms with Gasteiger partial charge < -0.3 is 0 Å². The molecule has 2 heterocycles. The molecule has 4 heteroatoms. The van der Waals surface area contributed by atoms with Gasteiger partial charge in [-0.25, -0.2) is 4.68 Å². The van der Waals surface area contributed by atoms with Crippen LogP contribution in [-0.4, -0.2) is 39.0 Å². The fourth-order valence-electron chi connectivity index (χ4n) is 2.99. The Morgan fingerprint density at radius 1 is 0.938 bits per heavy atom. The highest BCUT2D eigenvalue weighted by molar-refractivity contribution is 4.90. The van der Waals surface area contributed by atoms with Gasteiger partial charge in [-0.15, -0.1) is 5.10 Å². The van der Waals surface area contributed by atoms with Crippen LogP contribution in [-0.2, 0) is 0 Å². The summed E-state index contributed by atoms with van der Waals surface area (Å²) < 4.78 is 2.01. The van der Waals surface area contributed by atoms with Gasteiger partial charge in [0.1, 0.15) is 0 Å². The molecule has 88 valence electrons. The lowest BCUT2D eigenvalue weighted by atomic mass is 10.00. The number of hydrogen-bond donors (Lipinski definition) is 0. The van der Waals surface area contributed by atoms with Crippen molar-refractivity contribution < 1.29 is 0 Å². The smallest absolute Gasteiger partial charge is 0.0790 e. The van der Waals surface area contributed by atoms with Gasteiger partial charge in [-0.2, -0.15) is 0 Å². The zero-order chi connectivity index (χ0) is 10.8. The van der Waals surface area contributed by atoms with Crippen molar-refractivity contribution in [2.24, 2.45) is 0 Å². The first-order valence-electron chi connectivity index (χ1n) is 6.53. The van der Waals surface area contributed by atoms with Crippen molar-refractivity contribution in [3.05, 3.63) is 12.4 Å². The summed E-state index contributed by atoms with van der Waals surface area (Å²) in [7, 11) is 0. The molecular formula is C12H20N4. The van der Waals surface area contributed by atoms with Crippen LogP contribution in [0.4, 0.5) is 0 Å². The third-order valence-electron chi connectivity index (χ3n) is 4.05. The topological polar surface area (TPSA) is 34.0 Å². The molecule has 0 aromatic carbocycles. The van der Waals surface area contributed by atoms with Crippen molar-refractivity contribution in [1.82, 2.24) is 19.9 Å². The fourth-order valence-corrected chi connectivity index (χ4v) is 2.99. The van der Waals surface area contributed by atoms with Crippen LogP contribution in [0.2, 0.25) is 0 Å². The van der Waals surface area contributed by atoms with E-state index >= 15 is 0 Å². The van der Waals surface area contributed by atoms with Crippen LogP contribution in [0.5, 0.6) is 0 Å². The first-order valence-corrected chi connectivity index (χ1v) is 6.53. The summed E-state index contributed by atoms with van der Waals surface area (Å²) in [5.74, 6) is 0. The second-order valence-corrected chi connectivity index (χ2v) is 5.14. The molecule has 1 saturated heterocycles. The highest BCUT2D eigenvalue weighted by atomic mass is 15.5. The molecular weight excluding hydrogens is 200 g/mol. The zero-order valence-corrected chi connectivity index (χ0v) is 9.76. The summed E-state index contributed by atoms with van der Waals surface area (Å²) in [6.45, 7) is 2.35. The lowest BCUT2D eigenvalue weighted by molar-refractivity contribution is 0.0449. The lowest BCUT2D eigenvalue weighted by Crippen LogP contribution is -2.52. The number of likely N-dealkylation sites (tertiary alicyclic amines) is 1. The summed E-state index contributed by atoms with van der Waals surface area (Å²) in [4.78, 5) is 2.64. The summed E-state index contributed by atoms with van der Waals surface area (Å²) in [5.41, 5.74) is 0. The van der Waals surface area contributed by atoms with Gasteiger partial charge in [0.25, 0.3) is 0 Å². The number of hydrogen-bond acceptors (Lipinski definition) is 3. The van der Waals surface area contributed by atoms with E-state index in [1.54, 1.807) is 6.20 Å².